The summed E-state index contributed by atoms with van der Waals surface area (Å²) in [5.74, 6) is -0.513. The van der Waals surface area contributed by atoms with Crippen molar-refractivity contribution in [2.45, 2.75) is 13.0 Å². The van der Waals surface area contributed by atoms with Gasteiger partial charge in [-0.15, -0.1) is 0 Å². The third-order valence-corrected chi connectivity index (χ3v) is 3.53. The zero-order valence-electron chi connectivity index (χ0n) is 12.4. The van der Waals surface area contributed by atoms with Crippen molar-refractivity contribution in [2.75, 3.05) is 12.4 Å². The van der Waals surface area contributed by atoms with Gasteiger partial charge in [0.1, 0.15) is 11.9 Å². The minimum Gasteiger partial charge on any atom is -0.321 e. The van der Waals surface area contributed by atoms with Crippen molar-refractivity contribution >= 4 is 11.7 Å². The first-order valence-corrected chi connectivity index (χ1v) is 6.81. The lowest BCUT2D eigenvalue weighted by molar-refractivity contribution is 0.208. The fourth-order valence-electron chi connectivity index (χ4n) is 2.05. The molecule has 0 saturated carbocycles. The zero-order chi connectivity index (χ0) is 16.1. The number of nitrogens with one attached hydrogen (secondary N) is 1. The Morgan fingerprint density at radius 2 is 1.95 bits per heavy atom. The number of rotatable bonds is 3. The van der Waals surface area contributed by atoms with E-state index in [0.29, 0.717) is 5.69 Å². The molecule has 4 nitrogen and oxygen atoms in total. The van der Waals surface area contributed by atoms with E-state index >= 15 is 0 Å². The number of carbonyl (C=O) groups excluding carboxylic acids is 1. The van der Waals surface area contributed by atoms with Gasteiger partial charge in [-0.3, -0.25) is 0 Å². The molecule has 0 aliphatic heterocycles. The molecule has 0 fully saturated rings. The summed E-state index contributed by atoms with van der Waals surface area (Å²) in [6.45, 7) is 1.91. The summed E-state index contributed by atoms with van der Waals surface area (Å²) in [5.41, 5.74) is 1.38. The number of anilines is 1. The van der Waals surface area contributed by atoms with E-state index in [2.05, 4.69) is 5.32 Å². The second-order valence-corrected chi connectivity index (χ2v) is 4.93. The summed E-state index contributed by atoms with van der Waals surface area (Å²) in [6, 6.07) is 14.7. The lowest BCUT2D eigenvalue weighted by atomic mass is 10.1. The largest absolute Gasteiger partial charge is 0.322 e. The number of benzene rings is 2. The maximum atomic E-state index is 13.1. The smallest absolute Gasteiger partial charge is 0.321 e. The van der Waals surface area contributed by atoms with Crippen LogP contribution in [0.1, 0.15) is 24.1 Å². The number of nitriles is 1. The van der Waals surface area contributed by atoms with Crippen molar-refractivity contribution in [1.82, 2.24) is 4.90 Å². The molecule has 0 saturated heterocycles. The van der Waals surface area contributed by atoms with Gasteiger partial charge in [0.15, 0.2) is 0 Å². The normalized spacial score (nSPS) is 11.4. The van der Waals surface area contributed by atoms with Crippen molar-refractivity contribution in [2.24, 2.45) is 0 Å². The van der Waals surface area contributed by atoms with E-state index in [0.717, 1.165) is 11.6 Å². The molecule has 1 atom stereocenters. The number of carbonyl (C=O) groups is 1. The molecule has 0 aliphatic rings. The fourth-order valence-corrected chi connectivity index (χ4v) is 2.05. The van der Waals surface area contributed by atoms with Gasteiger partial charge in [0, 0.05) is 7.05 Å². The monoisotopic (exact) mass is 297 g/mol. The van der Waals surface area contributed by atoms with Crippen molar-refractivity contribution < 1.29 is 9.18 Å². The first kappa shape index (κ1) is 15.5. The highest BCUT2D eigenvalue weighted by Gasteiger charge is 2.18. The van der Waals surface area contributed by atoms with Crippen molar-refractivity contribution in [3.63, 3.8) is 0 Å². The lowest BCUT2D eigenvalue weighted by Gasteiger charge is -2.25. The highest BCUT2D eigenvalue weighted by Crippen LogP contribution is 2.21. The van der Waals surface area contributed by atoms with E-state index in [-0.39, 0.29) is 17.6 Å². The van der Waals surface area contributed by atoms with Gasteiger partial charge in [-0.25, -0.2) is 9.18 Å². The van der Waals surface area contributed by atoms with Crippen LogP contribution >= 0.6 is 0 Å². The first-order valence-electron chi connectivity index (χ1n) is 6.81. The van der Waals surface area contributed by atoms with Gasteiger partial charge in [0.25, 0.3) is 0 Å². The molecule has 0 radical (unpaired) electrons. The van der Waals surface area contributed by atoms with Gasteiger partial charge >= 0.3 is 6.03 Å². The topological polar surface area (TPSA) is 56.1 Å². The second-order valence-electron chi connectivity index (χ2n) is 4.93. The number of halogens is 1. The van der Waals surface area contributed by atoms with Crippen molar-refractivity contribution in [1.29, 1.82) is 5.26 Å². The molecule has 22 heavy (non-hydrogen) atoms. The maximum absolute atomic E-state index is 13.1. The molecule has 112 valence electrons. The number of hydrogen-bond acceptors (Lipinski definition) is 2. The molecule has 2 rings (SSSR count). The van der Waals surface area contributed by atoms with E-state index < -0.39 is 5.82 Å². The van der Waals surface area contributed by atoms with Gasteiger partial charge in [0.2, 0.25) is 0 Å². The van der Waals surface area contributed by atoms with Crippen LogP contribution in [0.4, 0.5) is 14.9 Å². The Kier molecular flexibility index (Phi) is 4.74. The zero-order valence-corrected chi connectivity index (χ0v) is 12.4. The summed E-state index contributed by atoms with van der Waals surface area (Å²) in [4.78, 5) is 13.8. The van der Waals surface area contributed by atoms with E-state index in [1.807, 2.05) is 43.3 Å². The SMILES string of the molecule is CC(c1ccccc1)N(C)C(=O)Nc1ccc(F)cc1C#N. The summed E-state index contributed by atoms with van der Waals surface area (Å²) in [5, 5.41) is 11.6. The lowest BCUT2D eigenvalue weighted by Crippen LogP contribution is -2.33. The van der Waals surface area contributed by atoms with Gasteiger partial charge < -0.3 is 10.2 Å². The molecule has 1 unspecified atom stereocenters. The Bertz CT molecular complexity index is 710. The summed E-state index contributed by atoms with van der Waals surface area (Å²) < 4.78 is 13.1. The Morgan fingerprint density at radius 1 is 1.27 bits per heavy atom. The highest BCUT2D eigenvalue weighted by atomic mass is 19.1. The average molecular weight is 297 g/mol. The predicted molar refractivity (Wildman–Crippen MR) is 82.8 cm³/mol. The first-order chi connectivity index (χ1) is 10.5. The van der Waals surface area contributed by atoms with Crippen LogP contribution in [0.2, 0.25) is 0 Å². The summed E-state index contributed by atoms with van der Waals surface area (Å²) >= 11 is 0. The Morgan fingerprint density at radius 3 is 2.59 bits per heavy atom. The Balaban J connectivity index is 2.14. The minimum atomic E-state index is -0.513. The van der Waals surface area contributed by atoms with E-state index in [4.69, 9.17) is 5.26 Å². The predicted octanol–water partition coefficient (Wildman–Crippen LogP) is 3.92. The van der Waals surface area contributed by atoms with Crippen LogP contribution in [0, 0.1) is 17.1 Å². The molecule has 0 heterocycles. The Hall–Kier alpha value is -2.87. The fraction of sp³-hybridized carbons (Fsp3) is 0.176. The third-order valence-electron chi connectivity index (χ3n) is 3.53. The van der Waals surface area contributed by atoms with Gasteiger partial charge in [-0.2, -0.15) is 5.26 Å². The molecule has 0 bridgehead atoms. The van der Waals surface area contributed by atoms with Crippen LogP contribution in [0.5, 0.6) is 0 Å². The molecular weight excluding hydrogens is 281 g/mol. The molecule has 0 spiro atoms. The number of nitrogens with zero attached hydrogens (tertiary/aromatic N) is 2. The number of amides is 2. The van der Waals surface area contributed by atoms with Crippen molar-refractivity contribution in [3.05, 3.63) is 65.5 Å². The van der Waals surface area contributed by atoms with E-state index in [1.54, 1.807) is 7.05 Å². The quantitative estimate of drug-likeness (QED) is 0.933. The molecule has 2 aromatic carbocycles. The van der Waals surface area contributed by atoms with Crippen LogP contribution in [0.25, 0.3) is 0 Å². The minimum absolute atomic E-state index is 0.0918. The molecule has 1 N–H and O–H groups in total. The van der Waals surface area contributed by atoms with Gasteiger partial charge in [-0.05, 0) is 30.7 Å². The number of urea groups is 1. The van der Waals surface area contributed by atoms with Crippen LogP contribution in [0.15, 0.2) is 48.5 Å². The Labute approximate surface area is 128 Å². The van der Waals surface area contributed by atoms with E-state index in [1.165, 1.54) is 17.0 Å². The van der Waals surface area contributed by atoms with Gasteiger partial charge in [0.05, 0.1) is 17.3 Å². The highest BCUT2D eigenvalue weighted by molar-refractivity contribution is 5.90. The molecule has 2 aromatic rings. The van der Waals surface area contributed by atoms with Gasteiger partial charge in [-0.1, -0.05) is 30.3 Å². The summed E-state index contributed by atoms with van der Waals surface area (Å²) in [7, 11) is 1.67. The molecule has 5 heteroatoms. The standard InChI is InChI=1S/C17H16FN3O/c1-12(13-6-4-3-5-7-13)21(2)17(22)20-16-9-8-15(18)10-14(16)11-19/h3-10,12H,1-2H3,(H,20,22). The van der Waals surface area contributed by atoms with Crippen molar-refractivity contribution in [3.8, 4) is 6.07 Å². The average Bonchev–Trinajstić information content (AvgIpc) is 2.55. The van der Waals surface area contributed by atoms with Crippen LogP contribution in [0.3, 0.4) is 0 Å². The number of hydrogen-bond donors (Lipinski definition) is 1. The van der Waals surface area contributed by atoms with Crippen LogP contribution < -0.4 is 5.32 Å². The molecule has 2 amide bonds. The molecule has 0 aliphatic carbocycles. The van der Waals surface area contributed by atoms with Crippen LogP contribution in [-0.2, 0) is 0 Å². The van der Waals surface area contributed by atoms with E-state index in [9.17, 15) is 9.18 Å². The molecule has 0 aromatic heterocycles. The third kappa shape index (κ3) is 3.41. The molecular formula is C17H16FN3O. The second kappa shape index (κ2) is 6.72. The summed E-state index contributed by atoms with van der Waals surface area (Å²) in [6.07, 6.45) is 0. The van der Waals surface area contributed by atoms with Crippen LogP contribution in [-0.4, -0.2) is 18.0 Å². The maximum Gasteiger partial charge on any atom is 0.322 e.